The highest BCUT2D eigenvalue weighted by Crippen LogP contribution is 2.32. The highest BCUT2D eigenvalue weighted by atomic mass is 35.5. The monoisotopic (exact) mass is 432 g/mol. The minimum absolute atomic E-state index is 0. The van der Waals surface area contributed by atoms with Crippen LogP contribution in [-0.2, 0) is 0 Å². The van der Waals surface area contributed by atoms with Gasteiger partial charge in [0.1, 0.15) is 17.2 Å². The van der Waals surface area contributed by atoms with Crippen molar-refractivity contribution in [1.29, 1.82) is 0 Å². The standard InChI is InChI=1S/C23H17FN6.ClH/c24-17-13-15(8-9-18(17)25)30-22(16-7-4-12-27-21(16)26)29-20-11-10-19(28-23(20)30)14-5-2-1-3-6-14;/h1-13H,25H2,(H2,26,27);1H. The van der Waals surface area contributed by atoms with E-state index in [9.17, 15) is 4.39 Å². The molecule has 0 aliphatic heterocycles. The molecule has 0 radical (unpaired) electrons. The van der Waals surface area contributed by atoms with Crippen LogP contribution in [0.15, 0.2) is 79.0 Å². The maximum absolute atomic E-state index is 14.3. The molecule has 31 heavy (non-hydrogen) atoms. The summed E-state index contributed by atoms with van der Waals surface area (Å²) in [4.78, 5) is 13.7. The first-order valence-corrected chi connectivity index (χ1v) is 9.33. The molecule has 0 saturated heterocycles. The lowest BCUT2D eigenvalue weighted by atomic mass is 10.1. The molecule has 5 aromatic rings. The van der Waals surface area contributed by atoms with Crippen LogP contribution in [0, 0.1) is 5.82 Å². The molecule has 0 aliphatic carbocycles. The van der Waals surface area contributed by atoms with Crippen molar-refractivity contribution >= 4 is 35.1 Å². The average Bonchev–Trinajstić information content (AvgIpc) is 3.15. The number of nitrogens with two attached hydrogens (primary N) is 2. The fourth-order valence-corrected chi connectivity index (χ4v) is 3.41. The van der Waals surface area contributed by atoms with Crippen molar-refractivity contribution < 1.29 is 4.39 Å². The van der Waals surface area contributed by atoms with E-state index in [2.05, 4.69) is 4.98 Å². The van der Waals surface area contributed by atoms with Crippen LogP contribution in [0.2, 0.25) is 0 Å². The molecule has 0 aliphatic rings. The van der Waals surface area contributed by atoms with Crippen molar-refractivity contribution in [2.24, 2.45) is 0 Å². The predicted octanol–water partition coefficient (Wildman–Crippen LogP) is 4.87. The molecule has 4 N–H and O–H groups in total. The second kappa shape index (κ2) is 8.04. The lowest BCUT2D eigenvalue weighted by Crippen LogP contribution is -2.03. The number of halogens is 2. The zero-order valence-corrected chi connectivity index (χ0v) is 17.1. The lowest BCUT2D eigenvalue weighted by Gasteiger charge is -2.11. The van der Waals surface area contributed by atoms with Gasteiger partial charge in [-0.05, 0) is 36.4 Å². The van der Waals surface area contributed by atoms with Gasteiger partial charge in [0.2, 0.25) is 0 Å². The van der Waals surface area contributed by atoms with Gasteiger partial charge in [0.15, 0.2) is 11.5 Å². The third kappa shape index (κ3) is 3.55. The number of fused-ring (bicyclic) bond motifs is 1. The summed E-state index contributed by atoms with van der Waals surface area (Å²) in [5.41, 5.74) is 16.0. The maximum atomic E-state index is 14.3. The van der Waals surface area contributed by atoms with E-state index in [1.54, 1.807) is 22.9 Å². The Morgan fingerprint density at radius 3 is 2.39 bits per heavy atom. The van der Waals surface area contributed by atoms with E-state index in [-0.39, 0.29) is 18.1 Å². The molecule has 3 heterocycles. The zero-order valence-electron chi connectivity index (χ0n) is 16.2. The molecule has 3 aromatic heterocycles. The largest absolute Gasteiger partial charge is 0.396 e. The van der Waals surface area contributed by atoms with Gasteiger partial charge in [0.05, 0.1) is 22.6 Å². The smallest absolute Gasteiger partial charge is 0.165 e. The summed E-state index contributed by atoms with van der Waals surface area (Å²) in [7, 11) is 0. The number of pyridine rings is 2. The van der Waals surface area contributed by atoms with Crippen molar-refractivity contribution in [1.82, 2.24) is 19.5 Å². The second-order valence-corrected chi connectivity index (χ2v) is 6.82. The summed E-state index contributed by atoms with van der Waals surface area (Å²) in [6, 6.07) is 21.9. The molecule has 0 atom stereocenters. The van der Waals surface area contributed by atoms with Gasteiger partial charge in [0, 0.05) is 17.8 Å². The van der Waals surface area contributed by atoms with Crippen molar-refractivity contribution in [3.63, 3.8) is 0 Å². The van der Waals surface area contributed by atoms with Crippen molar-refractivity contribution in [3.8, 4) is 28.3 Å². The Hall–Kier alpha value is -3.97. The van der Waals surface area contributed by atoms with Crippen LogP contribution in [0.1, 0.15) is 0 Å². The first kappa shape index (κ1) is 20.3. The maximum Gasteiger partial charge on any atom is 0.165 e. The van der Waals surface area contributed by atoms with E-state index in [1.807, 2.05) is 48.5 Å². The van der Waals surface area contributed by atoms with E-state index in [0.717, 1.165) is 11.3 Å². The molecule has 0 unspecified atom stereocenters. The van der Waals surface area contributed by atoms with Gasteiger partial charge in [-0.15, -0.1) is 12.4 Å². The molecule has 2 aromatic carbocycles. The average molecular weight is 433 g/mol. The number of imidazole rings is 1. The van der Waals surface area contributed by atoms with Crippen LogP contribution in [-0.4, -0.2) is 19.5 Å². The van der Waals surface area contributed by atoms with E-state index in [4.69, 9.17) is 21.4 Å². The van der Waals surface area contributed by atoms with Crippen LogP contribution in [0.25, 0.3) is 39.5 Å². The molecule has 0 saturated carbocycles. The predicted molar refractivity (Wildman–Crippen MR) is 124 cm³/mol. The Labute approximate surface area is 183 Å². The molecule has 0 bridgehead atoms. The third-order valence-electron chi connectivity index (χ3n) is 4.90. The Morgan fingerprint density at radius 1 is 0.839 bits per heavy atom. The van der Waals surface area contributed by atoms with Crippen LogP contribution < -0.4 is 11.5 Å². The topological polar surface area (TPSA) is 95.6 Å². The minimum Gasteiger partial charge on any atom is -0.396 e. The van der Waals surface area contributed by atoms with Gasteiger partial charge < -0.3 is 11.5 Å². The van der Waals surface area contributed by atoms with E-state index in [1.165, 1.54) is 12.1 Å². The SMILES string of the molecule is Cl.Nc1ccc(-n2c(-c3cccnc3N)nc3ccc(-c4ccccc4)nc32)cc1F. The summed E-state index contributed by atoms with van der Waals surface area (Å²) < 4.78 is 16.1. The lowest BCUT2D eigenvalue weighted by molar-refractivity contribution is 0.631. The molecule has 8 heteroatoms. The number of rotatable bonds is 3. The number of aromatic nitrogens is 4. The van der Waals surface area contributed by atoms with Crippen LogP contribution in [0.4, 0.5) is 15.9 Å². The summed E-state index contributed by atoms with van der Waals surface area (Å²) in [5.74, 6) is 0.337. The quantitative estimate of drug-likeness (QED) is 0.396. The molecular formula is C23H18ClFN6. The summed E-state index contributed by atoms with van der Waals surface area (Å²) >= 11 is 0. The van der Waals surface area contributed by atoms with Gasteiger partial charge in [-0.2, -0.15) is 0 Å². The summed E-state index contributed by atoms with van der Waals surface area (Å²) in [6.45, 7) is 0. The number of anilines is 2. The Kier molecular flexibility index (Phi) is 5.27. The normalized spacial score (nSPS) is 10.7. The minimum atomic E-state index is -0.515. The number of benzene rings is 2. The Morgan fingerprint density at radius 2 is 1.65 bits per heavy atom. The summed E-state index contributed by atoms with van der Waals surface area (Å²) in [6.07, 6.45) is 1.61. The van der Waals surface area contributed by atoms with E-state index >= 15 is 0 Å². The second-order valence-electron chi connectivity index (χ2n) is 6.82. The van der Waals surface area contributed by atoms with E-state index in [0.29, 0.717) is 34.1 Å². The van der Waals surface area contributed by atoms with Crippen molar-refractivity contribution in [2.75, 3.05) is 11.5 Å². The molecule has 0 spiro atoms. The third-order valence-corrected chi connectivity index (χ3v) is 4.90. The highest BCUT2D eigenvalue weighted by molar-refractivity contribution is 5.85. The molecule has 6 nitrogen and oxygen atoms in total. The molecule has 0 amide bonds. The van der Waals surface area contributed by atoms with Gasteiger partial charge in [0.25, 0.3) is 0 Å². The van der Waals surface area contributed by atoms with Crippen LogP contribution >= 0.6 is 12.4 Å². The number of nitrogens with zero attached hydrogens (tertiary/aromatic N) is 4. The first-order chi connectivity index (χ1) is 14.6. The Bertz CT molecular complexity index is 1380. The van der Waals surface area contributed by atoms with Gasteiger partial charge in [-0.1, -0.05) is 30.3 Å². The number of nitrogen functional groups attached to an aromatic ring is 2. The summed E-state index contributed by atoms with van der Waals surface area (Å²) in [5, 5.41) is 0. The Balaban J connectivity index is 0.00000231. The van der Waals surface area contributed by atoms with E-state index < -0.39 is 5.82 Å². The molecular weight excluding hydrogens is 415 g/mol. The van der Waals surface area contributed by atoms with Crippen molar-refractivity contribution in [3.05, 3.63) is 84.8 Å². The van der Waals surface area contributed by atoms with Gasteiger partial charge in [-0.25, -0.2) is 19.3 Å². The first-order valence-electron chi connectivity index (χ1n) is 9.33. The molecule has 5 rings (SSSR count). The van der Waals surface area contributed by atoms with Gasteiger partial charge >= 0.3 is 0 Å². The highest BCUT2D eigenvalue weighted by Gasteiger charge is 2.19. The van der Waals surface area contributed by atoms with Crippen LogP contribution in [0.3, 0.4) is 0 Å². The number of hydrogen-bond acceptors (Lipinski definition) is 5. The zero-order chi connectivity index (χ0) is 20.7. The van der Waals surface area contributed by atoms with Crippen molar-refractivity contribution in [2.45, 2.75) is 0 Å². The molecule has 154 valence electrons. The number of hydrogen-bond donors (Lipinski definition) is 2. The van der Waals surface area contributed by atoms with Gasteiger partial charge in [-0.3, -0.25) is 4.57 Å². The van der Waals surface area contributed by atoms with Crippen LogP contribution in [0.5, 0.6) is 0 Å². The fraction of sp³-hybridized carbons (Fsp3) is 0. The molecule has 0 fully saturated rings. The fourth-order valence-electron chi connectivity index (χ4n) is 3.41.